The molecule has 0 saturated carbocycles. The maximum atomic E-state index is 12.7. The molecule has 0 spiro atoms. The smallest absolute Gasteiger partial charge is 0.252 e. The van der Waals surface area contributed by atoms with Crippen molar-refractivity contribution in [2.75, 3.05) is 39.0 Å². The van der Waals surface area contributed by atoms with Gasteiger partial charge >= 0.3 is 0 Å². The minimum absolute atomic E-state index is 0.0258. The monoisotopic (exact) mass is 500 g/mol. The van der Waals surface area contributed by atoms with Gasteiger partial charge in [0.1, 0.15) is 4.21 Å². The van der Waals surface area contributed by atoms with E-state index in [1.54, 1.807) is 18.8 Å². The first-order valence-electron chi connectivity index (χ1n) is 11.1. The van der Waals surface area contributed by atoms with Gasteiger partial charge in [0.25, 0.3) is 10.0 Å². The summed E-state index contributed by atoms with van der Waals surface area (Å²) in [6.07, 6.45) is 9.12. The molecule has 10 nitrogen and oxygen atoms in total. The van der Waals surface area contributed by atoms with Crippen molar-refractivity contribution in [2.45, 2.75) is 23.6 Å². The molecule has 180 valence electrons. The number of amidine groups is 2. The third-order valence-corrected chi connectivity index (χ3v) is 9.58. The number of sulfonamides is 1. The number of anilines is 1. The molecule has 12 heteroatoms. The van der Waals surface area contributed by atoms with E-state index in [1.165, 1.54) is 15.6 Å². The van der Waals surface area contributed by atoms with E-state index in [0.717, 1.165) is 42.2 Å². The Labute approximate surface area is 203 Å². The zero-order valence-electron chi connectivity index (χ0n) is 19.6. The summed E-state index contributed by atoms with van der Waals surface area (Å²) in [7, 11) is 1.47. The van der Waals surface area contributed by atoms with Crippen molar-refractivity contribution in [1.29, 1.82) is 0 Å². The number of nitrogens with one attached hydrogen (secondary N) is 2. The number of fused-ring (bicyclic) bond motifs is 1. The lowest BCUT2D eigenvalue weighted by molar-refractivity contribution is 0.455. The molecular formula is C22H28N8O2S2. The number of aromatic nitrogens is 2. The Balaban J connectivity index is 1.51. The van der Waals surface area contributed by atoms with Gasteiger partial charge < -0.3 is 15.5 Å². The second-order valence-electron chi connectivity index (χ2n) is 8.70. The van der Waals surface area contributed by atoms with Crippen LogP contribution in [-0.4, -0.2) is 72.8 Å². The molecule has 0 aromatic carbocycles. The molecule has 0 amide bonds. The quantitative estimate of drug-likeness (QED) is 0.651. The molecule has 5 heterocycles. The van der Waals surface area contributed by atoms with E-state index < -0.39 is 10.0 Å². The predicted molar refractivity (Wildman–Crippen MR) is 135 cm³/mol. The summed E-state index contributed by atoms with van der Waals surface area (Å²) in [5.41, 5.74) is 3.80. The Bertz CT molecular complexity index is 1350. The minimum atomic E-state index is -3.52. The second-order valence-corrected chi connectivity index (χ2v) is 12.1. The number of hydrogen-bond donors (Lipinski definition) is 2. The lowest BCUT2D eigenvalue weighted by atomic mass is 10.1. The highest BCUT2D eigenvalue weighted by molar-refractivity contribution is 7.91. The second kappa shape index (κ2) is 8.77. The van der Waals surface area contributed by atoms with E-state index in [9.17, 15) is 8.42 Å². The van der Waals surface area contributed by atoms with Crippen LogP contribution >= 0.6 is 11.3 Å². The van der Waals surface area contributed by atoms with Gasteiger partial charge in [-0.15, -0.1) is 11.3 Å². The summed E-state index contributed by atoms with van der Waals surface area (Å²) in [4.78, 5) is 11.9. The molecule has 0 radical (unpaired) electrons. The van der Waals surface area contributed by atoms with Crippen LogP contribution in [0.1, 0.15) is 23.6 Å². The standard InChI is InChI=1S/C22H28N8O2S2/c1-14-8-19(33-22(14)34(31,32)28(2)3)27-20-21-24-11-18(16-10-25-29(4)12-16)30(21)13-17(26-20)15-6-5-7-23-9-15/h6,8,10,12-13,18,23H,5,7,9,11H2,1-4H3,(H,26,27). The molecule has 0 fully saturated rings. The predicted octanol–water partition coefficient (Wildman–Crippen LogP) is 2.08. The number of aryl methyl sites for hydroxylation is 2. The lowest BCUT2D eigenvalue weighted by Crippen LogP contribution is -2.38. The molecule has 3 aliphatic rings. The molecule has 3 aliphatic heterocycles. The zero-order chi connectivity index (χ0) is 24.0. The molecule has 5 rings (SSSR count). The average molecular weight is 501 g/mol. The fourth-order valence-corrected chi connectivity index (χ4v) is 6.93. The SMILES string of the molecule is Cc1cc(NC2=NC(C3=CCCNC3)=CN3C2=NCC3c2cnn(C)c2)sc1S(=O)(=O)N(C)C. The molecule has 34 heavy (non-hydrogen) atoms. The van der Waals surface area contributed by atoms with Gasteiger partial charge in [0.05, 0.1) is 29.5 Å². The van der Waals surface area contributed by atoms with E-state index in [-0.39, 0.29) is 6.04 Å². The van der Waals surface area contributed by atoms with Crippen LogP contribution in [0.5, 0.6) is 0 Å². The highest BCUT2D eigenvalue weighted by Crippen LogP contribution is 2.35. The van der Waals surface area contributed by atoms with Crippen LogP contribution in [0.15, 0.2) is 56.2 Å². The van der Waals surface area contributed by atoms with Gasteiger partial charge in [0.15, 0.2) is 11.7 Å². The molecule has 0 bridgehead atoms. The summed E-state index contributed by atoms with van der Waals surface area (Å²) in [6.45, 7) is 4.11. The first-order valence-corrected chi connectivity index (χ1v) is 13.3. The van der Waals surface area contributed by atoms with Gasteiger partial charge in [-0.2, -0.15) is 5.10 Å². The van der Waals surface area contributed by atoms with Crippen LogP contribution in [-0.2, 0) is 17.1 Å². The molecule has 0 saturated heterocycles. The number of rotatable bonds is 5. The number of hydrogen-bond acceptors (Lipinski definition) is 9. The molecule has 0 aliphatic carbocycles. The zero-order valence-corrected chi connectivity index (χ0v) is 21.2. The largest absolute Gasteiger partial charge is 0.329 e. The van der Waals surface area contributed by atoms with E-state index in [2.05, 4.69) is 32.9 Å². The molecular weight excluding hydrogens is 472 g/mol. The maximum absolute atomic E-state index is 12.7. The molecule has 1 unspecified atom stereocenters. The number of nitrogens with zero attached hydrogens (tertiary/aromatic N) is 6. The van der Waals surface area contributed by atoms with Gasteiger partial charge in [0, 0.05) is 45.6 Å². The van der Waals surface area contributed by atoms with Crippen molar-refractivity contribution in [3.8, 4) is 0 Å². The summed E-state index contributed by atoms with van der Waals surface area (Å²) in [6, 6.07) is 1.87. The van der Waals surface area contributed by atoms with E-state index >= 15 is 0 Å². The first-order chi connectivity index (χ1) is 16.2. The van der Waals surface area contributed by atoms with Crippen LogP contribution in [0.2, 0.25) is 0 Å². The van der Waals surface area contributed by atoms with Crippen LogP contribution < -0.4 is 10.6 Å². The summed E-state index contributed by atoms with van der Waals surface area (Å²) < 4.78 is 28.8. The highest BCUT2D eigenvalue weighted by Gasteiger charge is 2.35. The van der Waals surface area contributed by atoms with E-state index in [4.69, 9.17) is 9.98 Å². The molecule has 2 aromatic heterocycles. The van der Waals surface area contributed by atoms with Gasteiger partial charge in [-0.25, -0.2) is 17.7 Å². The van der Waals surface area contributed by atoms with Crippen molar-refractivity contribution < 1.29 is 8.42 Å². The highest BCUT2D eigenvalue weighted by atomic mass is 32.2. The normalized spacial score (nSPS) is 20.6. The maximum Gasteiger partial charge on any atom is 0.252 e. The fraction of sp³-hybridized carbons (Fsp3) is 0.409. The third-order valence-electron chi connectivity index (χ3n) is 5.99. The Morgan fingerprint density at radius 1 is 1.32 bits per heavy atom. The van der Waals surface area contributed by atoms with Gasteiger partial charge in [-0.3, -0.25) is 9.67 Å². The van der Waals surface area contributed by atoms with Crippen LogP contribution in [0, 0.1) is 6.92 Å². The average Bonchev–Trinajstić information content (AvgIpc) is 3.52. The molecule has 2 aromatic rings. The summed E-state index contributed by atoms with van der Waals surface area (Å²) >= 11 is 1.21. The van der Waals surface area contributed by atoms with E-state index in [1.807, 2.05) is 32.4 Å². The summed E-state index contributed by atoms with van der Waals surface area (Å²) in [5, 5.41) is 11.8. The Kier molecular flexibility index (Phi) is 5.92. The van der Waals surface area contributed by atoms with Crippen molar-refractivity contribution in [3.05, 3.63) is 53.1 Å². The Morgan fingerprint density at radius 2 is 2.15 bits per heavy atom. The van der Waals surface area contributed by atoms with Gasteiger partial charge in [0.2, 0.25) is 0 Å². The van der Waals surface area contributed by atoms with E-state index in [0.29, 0.717) is 27.2 Å². The Morgan fingerprint density at radius 3 is 2.82 bits per heavy atom. The lowest BCUT2D eigenvalue weighted by Gasteiger charge is -2.29. The molecule has 1 atom stereocenters. The number of thiophene rings is 1. The minimum Gasteiger partial charge on any atom is -0.329 e. The van der Waals surface area contributed by atoms with Crippen molar-refractivity contribution >= 4 is 38.0 Å². The molecule has 2 N–H and O–H groups in total. The van der Waals surface area contributed by atoms with Gasteiger partial charge in [-0.1, -0.05) is 6.08 Å². The van der Waals surface area contributed by atoms with Crippen LogP contribution in [0.3, 0.4) is 0 Å². The van der Waals surface area contributed by atoms with Crippen molar-refractivity contribution in [3.63, 3.8) is 0 Å². The van der Waals surface area contributed by atoms with Crippen LogP contribution in [0.25, 0.3) is 0 Å². The number of aliphatic imine (C=N–C) groups is 2. The third kappa shape index (κ3) is 4.11. The fourth-order valence-electron chi connectivity index (χ4n) is 4.19. The first kappa shape index (κ1) is 23.0. The van der Waals surface area contributed by atoms with Crippen molar-refractivity contribution in [2.24, 2.45) is 17.0 Å². The van der Waals surface area contributed by atoms with Crippen molar-refractivity contribution in [1.82, 2.24) is 24.3 Å². The Hall–Kier alpha value is -2.80. The van der Waals surface area contributed by atoms with Crippen LogP contribution in [0.4, 0.5) is 5.00 Å². The topological polar surface area (TPSA) is 107 Å². The summed E-state index contributed by atoms with van der Waals surface area (Å²) in [5.74, 6) is 1.36. The van der Waals surface area contributed by atoms with Gasteiger partial charge in [-0.05, 0) is 37.1 Å².